The molecule has 1 atom stereocenters. The Hall–Kier alpha value is -1.60. The number of nitrogens with zero attached hydrogens (tertiary/aromatic N) is 1. The predicted molar refractivity (Wildman–Crippen MR) is 92.1 cm³/mol. The maximum Gasteiger partial charge on any atom is 0.319 e. The zero-order valence-electron chi connectivity index (χ0n) is 13.9. The molecule has 0 saturated carbocycles. The first kappa shape index (κ1) is 17.7. The van der Waals surface area contributed by atoms with E-state index in [4.69, 9.17) is 0 Å². The van der Waals surface area contributed by atoms with Crippen LogP contribution in [0, 0.1) is 0 Å². The summed E-state index contributed by atoms with van der Waals surface area (Å²) in [6, 6.07) is 7.27. The lowest BCUT2D eigenvalue weighted by Gasteiger charge is -2.31. The first-order valence-corrected chi connectivity index (χ1v) is 9.73. The standard InChI is InChI=1S/C16H25N3O3S/c1-12(2)13-6-4-7-14(10-13)17-16(20)18-15-8-5-9-19(11-15)23(3,21)22/h4,6-7,10,12,15H,5,8-9,11H2,1-3H3,(H2,17,18,20)/t15-/m1/s1. The molecule has 2 rings (SSSR count). The molecule has 1 heterocycles. The highest BCUT2D eigenvalue weighted by Gasteiger charge is 2.26. The third-order valence-electron chi connectivity index (χ3n) is 4.00. The number of rotatable bonds is 4. The molecule has 23 heavy (non-hydrogen) atoms. The van der Waals surface area contributed by atoms with Crippen molar-refractivity contribution in [2.45, 2.75) is 38.6 Å². The molecule has 1 saturated heterocycles. The van der Waals surface area contributed by atoms with E-state index >= 15 is 0 Å². The molecule has 6 nitrogen and oxygen atoms in total. The van der Waals surface area contributed by atoms with Crippen molar-refractivity contribution in [2.75, 3.05) is 24.7 Å². The first-order valence-electron chi connectivity index (χ1n) is 7.88. The van der Waals surface area contributed by atoms with E-state index in [1.807, 2.05) is 24.3 Å². The van der Waals surface area contributed by atoms with Crippen LogP contribution in [0.3, 0.4) is 0 Å². The molecular formula is C16H25N3O3S. The van der Waals surface area contributed by atoms with Gasteiger partial charge in [0.05, 0.1) is 6.26 Å². The molecule has 1 aliphatic rings. The average molecular weight is 339 g/mol. The van der Waals surface area contributed by atoms with Crippen LogP contribution in [0.2, 0.25) is 0 Å². The Balaban J connectivity index is 1.93. The third kappa shape index (κ3) is 5.21. The number of nitrogens with one attached hydrogen (secondary N) is 2. The predicted octanol–water partition coefficient (Wildman–Crippen LogP) is 2.36. The van der Waals surface area contributed by atoms with Gasteiger partial charge in [-0.1, -0.05) is 26.0 Å². The number of anilines is 1. The Bertz CT molecular complexity index is 658. The number of piperidine rings is 1. The van der Waals surface area contributed by atoms with E-state index in [0.717, 1.165) is 24.1 Å². The van der Waals surface area contributed by atoms with Crippen molar-refractivity contribution in [3.63, 3.8) is 0 Å². The van der Waals surface area contributed by atoms with Crippen molar-refractivity contribution in [1.29, 1.82) is 0 Å². The zero-order chi connectivity index (χ0) is 17.0. The van der Waals surface area contributed by atoms with Gasteiger partial charge in [0.15, 0.2) is 0 Å². The number of urea groups is 1. The SMILES string of the molecule is CC(C)c1cccc(NC(=O)N[C@@H]2CCCN(S(C)(=O)=O)C2)c1. The van der Waals surface area contributed by atoms with Crippen LogP contribution in [0.5, 0.6) is 0 Å². The van der Waals surface area contributed by atoms with Crippen LogP contribution in [-0.2, 0) is 10.0 Å². The van der Waals surface area contributed by atoms with E-state index in [9.17, 15) is 13.2 Å². The molecule has 1 fully saturated rings. The van der Waals surface area contributed by atoms with Gasteiger partial charge in [-0.05, 0) is 36.5 Å². The van der Waals surface area contributed by atoms with Gasteiger partial charge in [0.1, 0.15) is 0 Å². The second-order valence-electron chi connectivity index (χ2n) is 6.34. The molecule has 0 spiro atoms. The molecule has 1 aromatic carbocycles. The van der Waals surface area contributed by atoms with Gasteiger partial charge in [0.25, 0.3) is 0 Å². The molecule has 2 N–H and O–H groups in total. The minimum Gasteiger partial charge on any atom is -0.334 e. The maximum absolute atomic E-state index is 12.1. The quantitative estimate of drug-likeness (QED) is 0.884. The van der Waals surface area contributed by atoms with Crippen molar-refractivity contribution in [3.05, 3.63) is 29.8 Å². The Morgan fingerprint density at radius 2 is 2.09 bits per heavy atom. The van der Waals surface area contributed by atoms with Crippen molar-refractivity contribution < 1.29 is 13.2 Å². The lowest BCUT2D eigenvalue weighted by Crippen LogP contribution is -2.50. The summed E-state index contributed by atoms with van der Waals surface area (Å²) in [7, 11) is -3.21. The van der Waals surface area contributed by atoms with Gasteiger partial charge in [-0.15, -0.1) is 0 Å². The molecule has 1 aliphatic heterocycles. The van der Waals surface area contributed by atoms with Gasteiger partial charge in [-0.25, -0.2) is 17.5 Å². The first-order chi connectivity index (χ1) is 10.8. The smallest absolute Gasteiger partial charge is 0.319 e. The summed E-state index contributed by atoms with van der Waals surface area (Å²) in [5.74, 6) is 0.390. The van der Waals surface area contributed by atoms with E-state index in [2.05, 4.69) is 24.5 Å². The van der Waals surface area contributed by atoms with Crippen LogP contribution in [0.15, 0.2) is 24.3 Å². The van der Waals surface area contributed by atoms with Crippen LogP contribution in [-0.4, -0.2) is 44.1 Å². The Kier molecular flexibility index (Phi) is 5.64. The summed E-state index contributed by atoms with van der Waals surface area (Å²) in [5, 5.41) is 5.68. The normalized spacial score (nSPS) is 19.6. The summed E-state index contributed by atoms with van der Waals surface area (Å²) in [4.78, 5) is 12.1. The Labute approximate surface area is 138 Å². The number of carbonyl (C=O) groups excluding carboxylic acids is 1. The number of amides is 2. The lowest BCUT2D eigenvalue weighted by atomic mass is 10.0. The Morgan fingerprint density at radius 3 is 2.74 bits per heavy atom. The molecule has 2 amide bonds. The fourth-order valence-corrected chi connectivity index (χ4v) is 3.60. The maximum atomic E-state index is 12.1. The fourth-order valence-electron chi connectivity index (χ4n) is 2.69. The van der Waals surface area contributed by atoms with Gasteiger partial charge in [0, 0.05) is 24.8 Å². The van der Waals surface area contributed by atoms with E-state index in [1.54, 1.807) is 0 Å². The fraction of sp³-hybridized carbons (Fsp3) is 0.562. The highest BCUT2D eigenvalue weighted by molar-refractivity contribution is 7.88. The lowest BCUT2D eigenvalue weighted by molar-refractivity contribution is 0.236. The zero-order valence-corrected chi connectivity index (χ0v) is 14.7. The van der Waals surface area contributed by atoms with Gasteiger partial charge in [-0.3, -0.25) is 0 Å². The van der Waals surface area contributed by atoms with Gasteiger partial charge in [-0.2, -0.15) is 0 Å². The van der Waals surface area contributed by atoms with E-state index in [-0.39, 0.29) is 12.1 Å². The number of benzene rings is 1. The van der Waals surface area contributed by atoms with Crippen LogP contribution >= 0.6 is 0 Å². The topological polar surface area (TPSA) is 78.5 Å². The number of hydrogen-bond acceptors (Lipinski definition) is 3. The second-order valence-corrected chi connectivity index (χ2v) is 8.32. The van der Waals surface area contributed by atoms with Crippen molar-refractivity contribution in [3.8, 4) is 0 Å². The summed E-state index contributed by atoms with van der Waals surface area (Å²) in [5.41, 5.74) is 1.90. The third-order valence-corrected chi connectivity index (χ3v) is 5.27. The van der Waals surface area contributed by atoms with E-state index in [1.165, 1.54) is 10.6 Å². The highest BCUT2D eigenvalue weighted by atomic mass is 32.2. The molecule has 128 valence electrons. The minimum absolute atomic E-state index is 0.160. The van der Waals surface area contributed by atoms with Crippen LogP contribution in [0.4, 0.5) is 10.5 Å². The second kappa shape index (κ2) is 7.31. The van der Waals surface area contributed by atoms with Crippen LogP contribution < -0.4 is 10.6 Å². The largest absolute Gasteiger partial charge is 0.334 e. The molecule has 0 aromatic heterocycles. The summed E-state index contributed by atoms with van der Waals surface area (Å²) >= 11 is 0. The van der Waals surface area contributed by atoms with Crippen LogP contribution in [0.1, 0.15) is 38.2 Å². The Morgan fingerprint density at radius 1 is 1.35 bits per heavy atom. The van der Waals surface area contributed by atoms with Gasteiger partial charge >= 0.3 is 6.03 Å². The van der Waals surface area contributed by atoms with Gasteiger partial charge < -0.3 is 10.6 Å². The molecule has 0 radical (unpaired) electrons. The summed E-state index contributed by atoms with van der Waals surface area (Å²) in [6.07, 6.45) is 2.74. The van der Waals surface area contributed by atoms with Crippen LogP contribution in [0.25, 0.3) is 0 Å². The summed E-state index contributed by atoms with van der Waals surface area (Å²) in [6.45, 7) is 5.05. The molecule has 0 unspecified atom stereocenters. The summed E-state index contributed by atoms with van der Waals surface area (Å²) < 4.78 is 24.6. The number of sulfonamides is 1. The monoisotopic (exact) mass is 339 g/mol. The number of hydrogen-bond donors (Lipinski definition) is 2. The molecule has 0 aliphatic carbocycles. The minimum atomic E-state index is -3.21. The average Bonchev–Trinajstić information content (AvgIpc) is 2.46. The van der Waals surface area contributed by atoms with E-state index in [0.29, 0.717) is 19.0 Å². The molecule has 0 bridgehead atoms. The molecule has 7 heteroatoms. The highest BCUT2D eigenvalue weighted by Crippen LogP contribution is 2.18. The molecule has 1 aromatic rings. The van der Waals surface area contributed by atoms with E-state index < -0.39 is 10.0 Å². The van der Waals surface area contributed by atoms with Crippen molar-refractivity contribution in [1.82, 2.24) is 9.62 Å². The van der Waals surface area contributed by atoms with Crippen molar-refractivity contribution >= 4 is 21.7 Å². The van der Waals surface area contributed by atoms with Crippen molar-refractivity contribution in [2.24, 2.45) is 0 Å². The number of carbonyl (C=O) groups is 1. The van der Waals surface area contributed by atoms with Gasteiger partial charge in [0.2, 0.25) is 10.0 Å². The molecular weight excluding hydrogens is 314 g/mol.